The van der Waals surface area contributed by atoms with E-state index >= 15 is 0 Å². The third kappa shape index (κ3) is 4.08. The second-order valence-corrected chi connectivity index (χ2v) is 8.70. The van der Waals surface area contributed by atoms with E-state index in [1.807, 2.05) is 28.9 Å². The summed E-state index contributed by atoms with van der Waals surface area (Å²) in [5.74, 6) is 1.52. The largest absolute Gasteiger partial charge is 0.370 e. The van der Waals surface area contributed by atoms with Crippen molar-refractivity contribution in [1.29, 1.82) is 5.26 Å². The molecule has 5 nitrogen and oxygen atoms in total. The van der Waals surface area contributed by atoms with Crippen LogP contribution in [0.15, 0.2) is 54.6 Å². The second-order valence-electron chi connectivity index (χ2n) is 8.70. The topological polar surface area (TPSA) is 56.9 Å². The smallest absolute Gasteiger partial charge is 0.133 e. The molecule has 2 aliphatic rings. The number of nitrogens with one attached hydrogen (secondary N) is 1. The van der Waals surface area contributed by atoms with Gasteiger partial charge in [-0.25, -0.2) is 4.68 Å². The minimum atomic E-state index is 0.432. The third-order valence-electron chi connectivity index (χ3n) is 6.55. The molecule has 2 aromatic carbocycles. The summed E-state index contributed by atoms with van der Waals surface area (Å²) in [5.41, 5.74) is 5.50. The number of hydrogen-bond donors (Lipinski definition) is 1. The third-order valence-corrected chi connectivity index (χ3v) is 6.55. The van der Waals surface area contributed by atoms with Crippen molar-refractivity contribution in [3.63, 3.8) is 0 Å². The van der Waals surface area contributed by atoms with Gasteiger partial charge in [0.05, 0.1) is 16.9 Å². The van der Waals surface area contributed by atoms with Gasteiger partial charge in [0.25, 0.3) is 0 Å². The predicted molar refractivity (Wildman–Crippen MR) is 123 cm³/mol. The number of anilines is 1. The Balaban J connectivity index is 1.49. The van der Waals surface area contributed by atoms with Gasteiger partial charge in [0.2, 0.25) is 0 Å². The van der Waals surface area contributed by atoms with Crippen LogP contribution in [0, 0.1) is 11.3 Å². The maximum atomic E-state index is 9.65. The average Bonchev–Trinajstić information content (AvgIpc) is 3.00. The zero-order valence-electron chi connectivity index (χ0n) is 17.9. The molecule has 0 radical (unpaired) electrons. The number of fused-ring (bicyclic) bond motifs is 1. The van der Waals surface area contributed by atoms with Crippen molar-refractivity contribution in [2.24, 2.45) is 0 Å². The maximum Gasteiger partial charge on any atom is 0.133 e. The van der Waals surface area contributed by atoms with Gasteiger partial charge in [-0.3, -0.25) is 4.90 Å². The highest BCUT2D eigenvalue weighted by atomic mass is 15.3. The van der Waals surface area contributed by atoms with Gasteiger partial charge < -0.3 is 5.32 Å². The van der Waals surface area contributed by atoms with E-state index in [-0.39, 0.29) is 0 Å². The molecule has 0 amide bonds. The quantitative estimate of drug-likeness (QED) is 0.665. The minimum Gasteiger partial charge on any atom is -0.370 e. The SMILES string of the molecule is N#Cc1ccccc1-n1nc(C2CCCN(Cc3ccccc3)C2)c2c1NCCCC2. The van der Waals surface area contributed by atoms with Crippen molar-refractivity contribution in [2.45, 2.75) is 44.6 Å². The highest BCUT2D eigenvalue weighted by molar-refractivity contribution is 5.59. The fourth-order valence-electron chi connectivity index (χ4n) is 5.05. The zero-order chi connectivity index (χ0) is 21.0. The summed E-state index contributed by atoms with van der Waals surface area (Å²) in [7, 11) is 0. The molecule has 3 aromatic rings. The fraction of sp³-hybridized carbons (Fsp3) is 0.385. The number of nitriles is 1. The zero-order valence-corrected chi connectivity index (χ0v) is 17.9. The Morgan fingerprint density at radius 3 is 2.74 bits per heavy atom. The summed E-state index contributed by atoms with van der Waals surface area (Å²) in [4.78, 5) is 2.57. The first kappa shape index (κ1) is 19.8. The van der Waals surface area contributed by atoms with Crippen LogP contribution in [0.4, 0.5) is 5.82 Å². The van der Waals surface area contributed by atoms with E-state index in [9.17, 15) is 5.26 Å². The Bertz CT molecular complexity index is 1080. The van der Waals surface area contributed by atoms with Crippen molar-refractivity contribution in [2.75, 3.05) is 25.0 Å². The van der Waals surface area contributed by atoms with Gasteiger partial charge in [-0.1, -0.05) is 42.5 Å². The number of aromatic nitrogens is 2. The van der Waals surface area contributed by atoms with Crippen LogP contribution in [0.5, 0.6) is 0 Å². The molecule has 0 aliphatic carbocycles. The van der Waals surface area contributed by atoms with Crippen molar-refractivity contribution in [1.82, 2.24) is 14.7 Å². The summed E-state index contributed by atoms with van der Waals surface area (Å²) in [6.07, 6.45) is 5.77. The van der Waals surface area contributed by atoms with Crippen LogP contribution in [0.2, 0.25) is 0 Å². The number of benzene rings is 2. The monoisotopic (exact) mass is 411 g/mol. The molecule has 3 heterocycles. The summed E-state index contributed by atoms with van der Waals surface area (Å²) < 4.78 is 2.00. The molecule has 1 fully saturated rings. The number of para-hydroxylation sites is 1. The number of nitrogens with zero attached hydrogens (tertiary/aromatic N) is 4. The number of rotatable bonds is 4. The normalized spacial score (nSPS) is 19.1. The van der Waals surface area contributed by atoms with Gasteiger partial charge in [-0.15, -0.1) is 0 Å². The minimum absolute atomic E-state index is 0.432. The molecule has 0 spiro atoms. The lowest BCUT2D eigenvalue weighted by atomic mass is 9.91. The van der Waals surface area contributed by atoms with Crippen molar-refractivity contribution >= 4 is 5.82 Å². The highest BCUT2D eigenvalue weighted by Crippen LogP contribution is 2.36. The van der Waals surface area contributed by atoms with Crippen LogP contribution in [-0.4, -0.2) is 34.3 Å². The van der Waals surface area contributed by atoms with E-state index in [0.29, 0.717) is 11.5 Å². The molecule has 1 unspecified atom stereocenters. The van der Waals surface area contributed by atoms with Crippen LogP contribution < -0.4 is 5.32 Å². The molecule has 158 valence electrons. The van der Waals surface area contributed by atoms with E-state index in [1.165, 1.54) is 42.5 Å². The first-order valence-electron chi connectivity index (χ1n) is 11.4. The molecule has 5 rings (SSSR count). The van der Waals surface area contributed by atoms with Gasteiger partial charge in [-0.2, -0.15) is 10.4 Å². The van der Waals surface area contributed by atoms with Crippen LogP contribution in [0.1, 0.15) is 54.0 Å². The van der Waals surface area contributed by atoms with Crippen LogP contribution >= 0.6 is 0 Å². The molecule has 1 atom stereocenters. The van der Waals surface area contributed by atoms with E-state index in [4.69, 9.17) is 5.10 Å². The van der Waals surface area contributed by atoms with E-state index in [1.54, 1.807) is 0 Å². The van der Waals surface area contributed by atoms with Crippen molar-refractivity contribution in [3.05, 3.63) is 77.0 Å². The van der Waals surface area contributed by atoms with Gasteiger partial charge in [0, 0.05) is 31.1 Å². The molecule has 1 N–H and O–H groups in total. The molecule has 0 saturated carbocycles. The lowest BCUT2D eigenvalue weighted by molar-refractivity contribution is 0.198. The molecule has 0 bridgehead atoms. The molecule has 1 saturated heterocycles. The summed E-state index contributed by atoms with van der Waals surface area (Å²) in [6, 6.07) is 20.9. The Kier molecular flexibility index (Phi) is 5.73. The molecular formula is C26H29N5. The Hall–Kier alpha value is -3.10. The second kappa shape index (κ2) is 8.95. The lowest BCUT2D eigenvalue weighted by Gasteiger charge is -2.32. The lowest BCUT2D eigenvalue weighted by Crippen LogP contribution is -2.34. The first-order valence-corrected chi connectivity index (χ1v) is 11.4. The summed E-state index contributed by atoms with van der Waals surface area (Å²) in [6.45, 7) is 4.13. The number of piperidine rings is 1. The number of hydrogen-bond acceptors (Lipinski definition) is 4. The van der Waals surface area contributed by atoms with Gasteiger partial charge in [-0.05, 0) is 56.3 Å². The van der Waals surface area contributed by atoms with E-state index < -0.39 is 0 Å². The highest BCUT2D eigenvalue weighted by Gasteiger charge is 2.30. The summed E-state index contributed by atoms with van der Waals surface area (Å²) in [5, 5.41) is 18.4. The van der Waals surface area contributed by atoms with Gasteiger partial charge in [0.1, 0.15) is 11.9 Å². The van der Waals surface area contributed by atoms with Crippen molar-refractivity contribution in [3.8, 4) is 11.8 Å². The molecule has 5 heteroatoms. The van der Waals surface area contributed by atoms with Crippen molar-refractivity contribution < 1.29 is 0 Å². The van der Waals surface area contributed by atoms with E-state index in [2.05, 4.69) is 46.6 Å². The molecular weight excluding hydrogens is 382 g/mol. The molecule has 1 aromatic heterocycles. The van der Waals surface area contributed by atoms with Gasteiger partial charge in [0.15, 0.2) is 0 Å². The Morgan fingerprint density at radius 1 is 1.03 bits per heavy atom. The number of likely N-dealkylation sites (tertiary alicyclic amines) is 1. The predicted octanol–water partition coefficient (Wildman–Crippen LogP) is 4.87. The maximum absolute atomic E-state index is 9.65. The van der Waals surface area contributed by atoms with Crippen LogP contribution in [-0.2, 0) is 13.0 Å². The average molecular weight is 412 g/mol. The Morgan fingerprint density at radius 2 is 1.87 bits per heavy atom. The summed E-state index contributed by atoms with van der Waals surface area (Å²) >= 11 is 0. The standard InChI is InChI=1S/C26H29N5/c27-17-21-11-4-5-14-24(21)31-26-23(13-6-7-15-28-26)25(29-31)22-12-8-16-30(19-22)18-20-9-2-1-3-10-20/h1-5,9-11,14,22,28H,6-8,12-13,15-16,18-19H2. The van der Waals surface area contributed by atoms with Gasteiger partial charge >= 0.3 is 0 Å². The van der Waals surface area contributed by atoms with Crippen LogP contribution in [0.3, 0.4) is 0 Å². The molecule has 31 heavy (non-hydrogen) atoms. The first-order chi connectivity index (χ1) is 15.3. The fourth-order valence-corrected chi connectivity index (χ4v) is 5.05. The van der Waals surface area contributed by atoms with E-state index in [0.717, 1.165) is 44.1 Å². The van der Waals surface area contributed by atoms with Crippen LogP contribution in [0.25, 0.3) is 5.69 Å². The Labute approximate surface area is 184 Å². The molecule has 2 aliphatic heterocycles.